The lowest BCUT2D eigenvalue weighted by atomic mass is 10.0. The maximum absolute atomic E-state index is 6.29. The molecular weight excluding hydrogens is 292 g/mol. The normalized spacial score (nSPS) is 20.6. The molecule has 0 fully saturated rings. The first-order valence-corrected chi connectivity index (χ1v) is 11.2. The summed E-state index contributed by atoms with van der Waals surface area (Å²) in [6.45, 7) is 4.58. The van der Waals surface area contributed by atoms with Crippen molar-refractivity contribution in [3.63, 3.8) is 0 Å². The lowest BCUT2D eigenvalue weighted by Crippen LogP contribution is -2.24. The molecule has 0 bridgehead atoms. The molecule has 1 aliphatic rings. The van der Waals surface area contributed by atoms with Gasteiger partial charge in [0.05, 0.1) is 12.2 Å². The summed E-state index contributed by atoms with van der Waals surface area (Å²) in [6, 6.07) is 0. The largest absolute Gasteiger partial charge is 0.371 e. The van der Waals surface area contributed by atoms with Gasteiger partial charge in [0, 0.05) is 0 Å². The van der Waals surface area contributed by atoms with E-state index in [1.54, 1.807) is 0 Å². The van der Waals surface area contributed by atoms with Crippen LogP contribution in [0.25, 0.3) is 0 Å². The minimum absolute atomic E-state index is 0.406. The number of unbranched alkanes of at least 4 members (excludes halogenated alkanes) is 12. The Morgan fingerprint density at radius 3 is 1.75 bits per heavy atom. The first-order chi connectivity index (χ1) is 11.9. The zero-order chi connectivity index (χ0) is 17.3. The minimum Gasteiger partial charge on any atom is -0.371 e. The van der Waals surface area contributed by atoms with E-state index in [4.69, 9.17) is 4.74 Å². The second-order valence-corrected chi connectivity index (χ2v) is 7.78. The van der Waals surface area contributed by atoms with Crippen LogP contribution in [-0.2, 0) is 4.74 Å². The molecule has 0 spiro atoms. The second kappa shape index (κ2) is 16.2. The van der Waals surface area contributed by atoms with Crippen molar-refractivity contribution in [1.82, 2.24) is 0 Å². The topological polar surface area (TPSA) is 9.23 Å². The van der Waals surface area contributed by atoms with Crippen LogP contribution in [0.4, 0.5) is 0 Å². The van der Waals surface area contributed by atoms with E-state index in [9.17, 15) is 0 Å². The van der Waals surface area contributed by atoms with Gasteiger partial charge in [-0.05, 0) is 19.3 Å². The van der Waals surface area contributed by atoms with Gasteiger partial charge in [-0.3, -0.25) is 0 Å². The monoisotopic (exact) mass is 336 g/mol. The highest BCUT2D eigenvalue weighted by molar-refractivity contribution is 4.96. The Balaban J connectivity index is 1.95. The number of rotatable bonds is 16. The van der Waals surface area contributed by atoms with Gasteiger partial charge in [0.25, 0.3) is 0 Å². The van der Waals surface area contributed by atoms with Gasteiger partial charge in [-0.25, -0.2) is 0 Å². The van der Waals surface area contributed by atoms with Gasteiger partial charge in [-0.2, -0.15) is 0 Å². The average molecular weight is 337 g/mol. The third-order valence-corrected chi connectivity index (χ3v) is 5.34. The van der Waals surface area contributed by atoms with E-state index < -0.39 is 0 Å². The maximum atomic E-state index is 6.29. The van der Waals surface area contributed by atoms with Crippen LogP contribution >= 0.6 is 0 Å². The van der Waals surface area contributed by atoms with Crippen LogP contribution in [0.1, 0.15) is 123 Å². The predicted molar refractivity (Wildman–Crippen MR) is 108 cm³/mol. The fourth-order valence-electron chi connectivity index (χ4n) is 3.71. The molecule has 0 saturated heterocycles. The van der Waals surface area contributed by atoms with E-state index >= 15 is 0 Å². The van der Waals surface area contributed by atoms with Crippen molar-refractivity contribution in [3.05, 3.63) is 12.2 Å². The first kappa shape index (κ1) is 21.7. The highest BCUT2D eigenvalue weighted by atomic mass is 16.5. The molecule has 0 aromatic rings. The smallest absolute Gasteiger partial charge is 0.0759 e. The Bertz CT molecular complexity index is 284. The average Bonchev–Trinajstić information content (AvgIpc) is 2.60. The zero-order valence-electron chi connectivity index (χ0n) is 16.7. The molecule has 2 atom stereocenters. The van der Waals surface area contributed by atoms with Crippen LogP contribution in [0.3, 0.4) is 0 Å². The highest BCUT2D eigenvalue weighted by Crippen LogP contribution is 2.22. The number of hydrogen-bond acceptors (Lipinski definition) is 1. The van der Waals surface area contributed by atoms with Crippen molar-refractivity contribution < 1.29 is 4.74 Å². The van der Waals surface area contributed by atoms with E-state index in [0.717, 1.165) is 6.42 Å². The minimum atomic E-state index is 0.406. The van der Waals surface area contributed by atoms with Gasteiger partial charge in [0.2, 0.25) is 0 Å². The van der Waals surface area contributed by atoms with Crippen LogP contribution in [-0.4, -0.2) is 12.2 Å². The summed E-state index contributed by atoms with van der Waals surface area (Å²) in [4.78, 5) is 0. The fraction of sp³-hybridized carbons (Fsp3) is 0.913. The summed E-state index contributed by atoms with van der Waals surface area (Å²) < 4.78 is 6.29. The van der Waals surface area contributed by atoms with Gasteiger partial charge >= 0.3 is 0 Å². The Morgan fingerprint density at radius 1 is 0.667 bits per heavy atom. The Morgan fingerprint density at radius 2 is 1.17 bits per heavy atom. The number of hydrogen-bond donors (Lipinski definition) is 0. The van der Waals surface area contributed by atoms with E-state index in [2.05, 4.69) is 26.0 Å². The van der Waals surface area contributed by atoms with Gasteiger partial charge in [-0.15, -0.1) is 0 Å². The van der Waals surface area contributed by atoms with Crippen LogP contribution < -0.4 is 0 Å². The van der Waals surface area contributed by atoms with Crippen LogP contribution in [0.2, 0.25) is 0 Å². The van der Waals surface area contributed by atoms with Crippen molar-refractivity contribution in [2.45, 2.75) is 135 Å². The highest BCUT2D eigenvalue weighted by Gasteiger charge is 2.17. The quantitative estimate of drug-likeness (QED) is 0.205. The summed E-state index contributed by atoms with van der Waals surface area (Å²) in [6.07, 6.45) is 28.8. The van der Waals surface area contributed by atoms with Crippen molar-refractivity contribution in [2.75, 3.05) is 0 Å². The van der Waals surface area contributed by atoms with Crippen molar-refractivity contribution >= 4 is 0 Å². The molecule has 0 aromatic heterocycles. The van der Waals surface area contributed by atoms with Gasteiger partial charge in [0.15, 0.2) is 0 Å². The Kier molecular flexibility index (Phi) is 14.7. The molecule has 1 rings (SSSR count). The molecule has 0 radical (unpaired) electrons. The van der Waals surface area contributed by atoms with Gasteiger partial charge in [-0.1, -0.05) is 116 Å². The molecule has 0 amide bonds. The molecule has 0 N–H and O–H groups in total. The zero-order valence-corrected chi connectivity index (χ0v) is 16.7. The molecule has 1 heterocycles. The second-order valence-electron chi connectivity index (χ2n) is 7.78. The molecule has 142 valence electrons. The Hall–Kier alpha value is -0.300. The molecule has 24 heavy (non-hydrogen) atoms. The Labute approximate surface area is 152 Å². The lowest BCUT2D eigenvalue weighted by Gasteiger charge is -2.26. The van der Waals surface area contributed by atoms with Crippen molar-refractivity contribution in [3.8, 4) is 0 Å². The summed E-state index contributed by atoms with van der Waals surface area (Å²) in [5.41, 5.74) is 0. The standard InChI is InChI=1S/C23H44O/c1-3-5-7-9-11-13-15-18-22-20-17-21-23(24-22)19-16-14-12-10-8-6-4-2/h17,20,22-23H,3-16,18-19,21H2,1-2H3/t22-,23-/m0/s1. The van der Waals surface area contributed by atoms with Gasteiger partial charge < -0.3 is 4.74 Å². The third kappa shape index (κ3) is 12.1. The molecule has 0 saturated carbocycles. The third-order valence-electron chi connectivity index (χ3n) is 5.34. The lowest BCUT2D eigenvalue weighted by molar-refractivity contribution is -0.00434. The summed E-state index contributed by atoms with van der Waals surface area (Å²) in [5.74, 6) is 0. The molecule has 1 nitrogen and oxygen atoms in total. The SMILES string of the molecule is CCCCCCCCC[C@H]1CC=C[C@H](CCCCCCCCC)O1. The predicted octanol–water partition coefficient (Wildman–Crippen LogP) is 7.98. The van der Waals surface area contributed by atoms with Crippen molar-refractivity contribution in [2.24, 2.45) is 0 Å². The molecule has 1 aliphatic heterocycles. The molecular formula is C23H44O. The van der Waals surface area contributed by atoms with Crippen LogP contribution in [0.15, 0.2) is 12.2 Å². The fourth-order valence-corrected chi connectivity index (χ4v) is 3.71. The molecule has 0 aromatic carbocycles. The molecule has 0 unspecified atom stereocenters. The van der Waals surface area contributed by atoms with E-state index in [1.165, 1.54) is 103 Å². The van der Waals surface area contributed by atoms with Crippen LogP contribution in [0, 0.1) is 0 Å². The summed E-state index contributed by atoms with van der Waals surface area (Å²) in [7, 11) is 0. The summed E-state index contributed by atoms with van der Waals surface area (Å²) in [5, 5.41) is 0. The molecule has 0 aliphatic carbocycles. The maximum Gasteiger partial charge on any atom is 0.0759 e. The van der Waals surface area contributed by atoms with Gasteiger partial charge in [0.1, 0.15) is 0 Å². The van der Waals surface area contributed by atoms with E-state index in [0.29, 0.717) is 12.2 Å². The van der Waals surface area contributed by atoms with Crippen molar-refractivity contribution in [1.29, 1.82) is 0 Å². The molecule has 1 heteroatoms. The summed E-state index contributed by atoms with van der Waals surface area (Å²) >= 11 is 0. The van der Waals surface area contributed by atoms with E-state index in [-0.39, 0.29) is 0 Å². The van der Waals surface area contributed by atoms with Crippen LogP contribution in [0.5, 0.6) is 0 Å². The van der Waals surface area contributed by atoms with E-state index in [1.807, 2.05) is 0 Å². The number of ether oxygens (including phenoxy) is 1. The first-order valence-electron chi connectivity index (χ1n) is 11.2.